The van der Waals surface area contributed by atoms with E-state index in [0.717, 1.165) is 74.7 Å². The van der Waals surface area contributed by atoms with Gasteiger partial charge in [0.2, 0.25) is 5.95 Å². The van der Waals surface area contributed by atoms with Crippen molar-refractivity contribution in [1.29, 1.82) is 4.78 Å². The van der Waals surface area contributed by atoms with Gasteiger partial charge < -0.3 is 15.4 Å². The van der Waals surface area contributed by atoms with Gasteiger partial charge in [0.05, 0.1) is 22.9 Å². The van der Waals surface area contributed by atoms with E-state index < -0.39 is 9.73 Å². The molecule has 1 unspecified atom stereocenters. The smallest absolute Gasteiger partial charge is 0.229 e. The predicted molar refractivity (Wildman–Crippen MR) is 144 cm³/mol. The van der Waals surface area contributed by atoms with E-state index in [1.54, 1.807) is 12.1 Å². The quantitative estimate of drug-likeness (QED) is 0.458. The van der Waals surface area contributed by atoms with Crippen molar-refractivity contribution >= 4 is 27.2 Å². The van der Waals surface area contributed by atoms with E-state index in [9.17, 15) is 4.21 Å². The Kier molecular flexibility index (Phi) is 7.79. The molecule has 0 saturated carbocycles. The monoisotopic (exact) mass is 506 g/mol. The highest BCUT2D eigenvalue weighted by Crippen LogP contribution is 2.29. The van der Waals surface area contributed by atoms with Gasteiger partial charge in [0, 0.05) is 47.7 Å². The van der Waals surface area contributed by atoms with E-state index >= 15 is 0 Å². The first-order valence-corrected chi connectivity index (χ1v) is 14.4. The van der Waals surface area contributed by atoms with Gasteiger partial charge in [-0.05, 0) is 61.6 Å². The van der Waals surface area contributed by atoms with Crippen LogP contribution in [0.3, 0.4) is 0 Å². The highest BCUT2D eigenvalue weighted by molar-refractivity contribution is 7.92. The first kappa shape index (κ1) is 24.7. The Hall–Kier alpha value is -3.01. The van der Waals surface area contributed by atoms with Crippen molar-refractivity contribution in [2.45, 2.75) is 30.6 Å². The summed E-state index contributed by atoms with van der Waals surface area (Å²) in [6.45, 7) is 5.56. The van der Waals surface area contributed by atoms with Crippen molar-refractivity contribution in [3.8, 4) is 11.1 Å². The summed E-state index contributed by atoms with van der Waals surface area (Å²) in [5.41, 5.74) is 4.08. The second-order valence-electron chi connectivity index (χ2n) is 9.38. The lowest BCUT2D eigenvalue weighted by atomic mass is 10.0. The van der Waals surface area contributed by atoms with Gasteiger partial charge in [-0.2, -0.15) is 4.98 Å². The van der Waals surface area contributed by atoms with Crippen LogP contribution < -0.4 is 10.6 Å². The number of fused-ring (bicyclic) bond motifs is 4. The zero-order chi connectivity index (χ0) is 24.8. The van der Waals surface area contributed by atoms with E-state index in [1.165, 1.54) is 5.56 Å². The molecule has 0 radical (unpaired) electrons. The molecular formula is C27H34N6O2S. The van der Waals surface area contributed by atoms with Gasteiger partial charge >= 0.3 is 0 Å². The summed E-state index contributed by atoms with van der Waals surface area (Å²) in [5, 5.41) is 6.66. The van der Waals surface area contributed by atoms with Gasteiger partial charge in [0.1, 0.15) is 5.82 Å². The highest BCUT2D eigenvalue weighted by atomic mass is 32.2. The van der Waals surface area contributed by atoms with Crippen LogP contribution in [0.2, 0.25) is 0 Å². The Bertz CT molecular complexity index is 1270. The summed E-state index contributed by atoms with van der Waals surface area (Å²) in [6.07, 6.45) is 5.56. The molecule has 2 aliphatic heterocycles. The molecule has 9 heteroatoms. The third-order valence-corrected chi connectivity index (χ3v) is 8.60. The third-order valence-electron chi connectivity index (χ3n) is 6.72. The number of ether oxygens (including phenoxy) is 1. The molecule has 1 fully saturated rings. The van der Waals surface area contributed by atoms with Crippen LogP contribution in [0.25, 0.3) is 11.1 Å². The normalized spacial score (nSPS) is 20.8. The minimum atomic E-state index is -2.82. The molecule has 3 aromatic rings. The second kappa shape index (κ2) is 11.4. The number of hydrogen-bond donors (Lipinski definition) is 3. The van der Waals surface area contributed by atoms with Crippen LogP contribution in [0, 0.1) is 4.78 Å². The predicted octanol–water partition coefficient (Wildman–Crippen LogP) is 4.76. The zero-order valence-electron chi connectivity index (χ0n) is 20.5. The maximum atomic E-state index is 12.9. The summed E-state index contributed by atoms with van der Waals surface area (Å²) in [7, 11) is -2.82. The van der Waals surface area contributed by atoms with Gasteiger partial charge in [-0.1, -0.05) is 30.3 Å². The lowest BCUT2D eigenvalue weighted by Gasteiger charge is -2.26. The van der Waals surface area contributed by atoms with Gasteiger partial charge in [-0.15, -0.1) is 0 Å². The lowest BCUT2D eigenvalue weighted by Crippen LogP contribution is -2.36. The number of hydrogen-bond acceptors (Lipinski definition) is 8. The molecule has 2 aliphatic rings. The van der Waals surface area contributed by atoms with Crippen molar-refractivity contribution in [2.75, 3.05) is 55.8 Å². The van der Waals surface area contributed by atoms with Gasteiger partial charge in [-0.25, -0.2) is 14.0 Å². The molecule has 3 N–H and O–H groups in total. The van der Waals surface area contributed by atoms with Crippen LogP contribution in [0.4, 0.5) is 17.5 Å². The first-order chi connectivity index (χ1) is 17.6. The van der Waals surface area contributed by atoms with E-state index in [2.05, 4.69) is 44.8 Å². The molecule has 36 heavy (non-hydrogen) atoms. The average molecular weight is 507 g/mol. The van der Waals surface area contributed by atoms with E-state index in [0.29, 0.717) is 29.6 Å². The van der Waals surface area contributed by atoms with Gasteiger partial charge in [0.25, 0.3) is 0 Å². The number of benzene rings is 2. The van der Waals surface area contributed by atoms with Crippen molar-refractivity contribution in [3.63, 3.8) is 0 Å². The molecule has 5 rings (SSSR count). The molecular weight excluding hydrogens is 472 g/mol. The topological polar surface area (TPSA) is 103 Å². The summed E-state index contributed by atoms with van der Waals surface area (Å²) >= 11 is 0. The minimum Gasteiger partial charge on any atom is -0.379 e. The number of nitrogens with one attached hydrogen (secondary N) is 3. The number of rotatable bonds is 5. The molecule has 4 bridgehead atoms. The maximum Gasteiger partial charge on any atom is 0.229 e. The van der Waals surface area contributed by atoms with Crippen molar-refractivity contribution < 1.29 is 8.95 Å². The number of anilines is 3. The average Bonchev–Trinajstić information content (AvgIpc) is 2.90. The number of aromatic nitrogens is 2. The van der Waals surface area contributed by atoms with Gasteiger partial charge in [-0.3, -0.25) is 4.90 Å². The van der Waals surface area contributed by atoms with E-state index in [4.69, 9.17) is 14.5 Å². The van der Waals surface area contributed by atoms with Crippen LogP contribution in [-0.2, 0) is 20.9 Å². The van der Waals surface area contributed by atoms with Crippen LogP contribution in [0.1, 0.15) is 24.8 Å². The summed E-state index contributed by atoms with van der Waals surface area (Å²) in [5.74, 6) is 1.59. The minimum absolute atomic E-state index is 0.348. The molecule has 1 saturated heterocycles. The largest absolute Gasteiger partial charge is 0.379 e. The van der Waals surface area contributed by atoms with Crippen molar-refractivity contribution in [2.24, 2.45) is 0 Å². The molecule has 0 amide bonds. The Labute approximate surface area is 213 Å². The number of nitrogens with zero attached hydrogens (tertiary/aromatic N) is 3. The molecule has 1 aromatic heterocycles. The van der Waals surface area contributed by atoms with Crippen molar-refractivity contribution in [1.82, 2.24) is 14.9 Å². The molecule has 2 aromatic carbocycles. The lowest BCUT2D eigenvalue weighted by molar-refractivity contribution is 0.0375. The molecule has 3 heterocycles. The Morgan fingerprint density at radius 1 is 1.08 bits per heavy atom. The fourth-order valence-electron chi connectivity index (χ4n) is 4.63. The zero-order valence-corrected chi connectivity index (χ0v) is 21.4. The van der Waals surface area contributed by atoms with Crippen LogP contribution in [0.5, 0.6) is 0 Å². The number of aryl methyl sites for hydroxylation is 1. The molecule has 0 spiro atoms. The summed E-state index contributed by atoms with van der Waals surface area (Å²) < 4.78 is 26.7. The molecule has 8 nitrogen and oxygen atoms in total. The third kappa shape index (κ3) is 6.21. The van der Waals surface area contributed by atoms with Crippen LogP contribution in [-0.4, -0.2) is 64.2 Å². The SMILES string of the molecule is N=S1(=O)CCCCNc2nc(ncc2-c2ccc(CCCN3CCOCC3)cc2)Nc2cccc1c2. The standard InChI is InChI=1S/C27H34N6O2S/c28-36(34)18-2-1-12-29-26-25(20-30-27(32-26)31-23-6-3-7-24(36)19-23)22-10-8-21(9-11-22)5-4-13-33-14-16-35-17-15-33/h3,6-11,19-20,28H,1-2,4-5,12-18H2,(H2,29,30,31,32). The van der Waals surface area contributed by atoms with Crippen LogP contribution >= 0.6 is 0 Å². The Balaban J connectivity index is 1.31. The van der Waals surface area contributed by atoms with Crippen molar-refractivity contribution in [3.05, 3.63) is 60.3 Å². The number of morpholine rings is 1. The van der Waals surface area contributed by atoms with Gasteiger partial charge in [0.15, 0.2) is 0 Å². The van der Waals surface area contributed by atoms with Crippen LogP contribution in [0.15, 0.2) is 59.6 Å². The Morgan fingerprint density at radius 2 is 1.92 bits per heavy atom. The highest BCUT2D eigenvalue weighted by Gasteiger charge is 2.15. The summed E-state index contributed by atoms with van der Waals surface area (Å²) in [6, 6.07) is 15.9. The first-order valence-electron chi connectivity index (χ1n) is 12.7. The Morgan fingerprint density at radius 3 is 2.75 bits per heavy atom. The molecule has 1 atom stereocenters. The van der Waals surface area contributed by atoms with E-state index in [1.807, 2.05) is 18.3 Å². The fraction of sp³-hybridized carbons (Fsp3) is 0.407. The maximum absolute atomic E-state index is 12.9. The fourth-order valence-corrected chi connectivity index (χ4v) is 6.10. The molecule has 0 aliphatic carbocycles. The summed E-state index contributed by atoms with van der Waals surface area (Å²) in [4.78, 5) is 12.3. The van der Waals surface area contributed by atoms with E-state index in [-0.39, 0.29) is 0 Å². The molecule has 190 valence electrons. The second-order valence-corrected chi connectivity index (χ2v) is 11.6.